The van der Waals surface area contributed by atoms with Crippen molar-refractivity contribution in [3.63, 3.8) is 0 Å². The summed E-state index contributed by atoms with van der Waals surface area (Å²) >= 11 is 0. The van der Waals surface area contributed by atoms with Crippen LogP contribution in [-0.2, 0) is 15.8 Å². The van der Waals surface area contributed by atoms with Crippen molar-refractivity contribution < 1.29 is 9.90 Å². The standard InChI is InChI=1S/C19H21NO2/c1-18(2,22)15-7-3-13(4-8-15)14-5-9-16(10-6-14)19(11-12-19)17(20)21/h3-10,22H,11-12H2,1-2H3,(H2,20,21). The minimum absolute atomic E-state index is 0.227. The molecule has 1 aliphatic carbocycles. The first-order valence-electron chi connectivity index (χ1n) is 7.57. The molecular formula is C19H21NO2. The maximum atomic E-state index is 11.6. The Morgan fingerprint density at radius 1 is 1.00 bits per heavy atom. The van der Waals surface area contributed by atoms with Gasteiger partial charge in [0.1, 0.15) is 0 Å². The molecule has 0 atom stereocenters. The van der Waals surface area contributed by atoms with E-state index in [4.69, 9.17) is 5.73 Å². The minimum Gasteiger partial charge on any atom is -0.386 e. The van der Waals surface area contributed by atoms with Gasteiger partial charge < -0.3 is 10.8 Å². The van der Waals surface area contributed by atoms with Crippen molar-refractivity contribution in [2.24, 2.45) is 5.73 Å². The van der Waals surface area contributed by atoms with Crippen LogP contribution in [0.5, 0.6) is 0 Å². The number of hydrogen-bond donors (Lipinski definition) is 2. The second-order valence-corrected chi connectivity index (χ2v) is 6.66. The first-order valence-corrected chi connectivity index (χ1v) is 7.57. The molecule has 2 aromatic carbocycles. The third-order valence-electron chi connectivity index (χ3n) is 4.58. The van der Waals surface area contributed by atoms with Crippen LogP contribution in [-0.4, -0.2) is 11.0 Å². The zero-order chi connectivity index (χ0) is 16.0. The number of nitrogens with two attached hydrogens (primary N) is 1. The number of carbonyl (C=O) groups is 1. The van der Waals surface area contributed by atoms with E-state index in [0.717, 1.165) is 35.1 Å². The number of amides is 1. The normalized spacial score (nSPS) is 16.3. The van der Waals surface area contributed by atoms with Gasteiger partial charge in [-0.2, -0.15) is 0 Å². The van der Waals surface area contributed by atoms with E-state index in [9.17, 15) is 9.90 Å². The summed E-state index contributed by atoms with van der Waals surface area (Å²) in [5.74, 6) is -0.227. The van der Waals surface area contributed by atoms with Gasteiger partial charge in [-0.25, -0.2) is 0 Å². The number of carbonyl (C=O) groups excluding carboxylic acids is 1. The summed E-state index contributed by atoms with van der Waals surface area (Å²) in [4.78, 5) is 11.6. The molecular weight excluding hydrogens is 274 g/mol. The number of rotatable bonds is 4. The Labute approximate surface area is 130 Å². The van der Waals surface area contributed by atoms with E-state index in [1.165, 1.54) is 0 Å². The van der Waals surface area contributed by atoms with E-state index in [1.54, 1.807) is 13.8 Å². The van der Waals surface area contributed by atoms with Crippen molar-refractivity contribution in [3.05, 3.63) is 59.7 Å². The summed E-state index contributed by atoms with van der Waals surface area (Å²) in [5.41, 5.74) is 8.32. The monoisotopic (exact) mass is 295 g/mol. The second kappa shape index (κ2) is 4.96. The molecule has 3 nitrogen and oxygen atoms in total. The van der Waals surface area contributed by atoms with Crippen LogP contribution in [0.2, 0.25) is 0 Å². The molecule has 2 aromatic rings. The van der Waals surface area contributed by atoms with E-state index >= 15 is 0 Å². The zero-order valence-corrected chi connectivity index (χ0v) is 13.0. The van der Waals surface area contributed by atoms with Crippen LogP contribution in [0, 0.1) is 0 Å². The first-order chi connectivity index (χ1) is 10.3. The third-order valence-corrected chi connectivity index (χ3v) is 4.58. The van der Waals surface area contributed by atoms with E-state index in [-0.39, 0.29) is 5.91 Å². The van der Waals surface area contributed by atoms with Gasteiger partial charge in [-0.15, -0.1) is 0 Å². The van der Waals surface area contributed by atoms with Gasteiger partial charge in [-0.1, -0.05) is 48.5 Å². The Hall–Kier alpha value is -2.13. The van der Waals surface area contributed by atoms with Crippen LogP contribution in [0.25, 0.3) is 11.1 Å². The number of benzene rings is 2. The molecule has 0 aromatic heterocycles. The molecule has 0 heterocycles. The quantitative estimate of drug-likeness (QED) is 0.910. The van der Waals surface area contributed by atoms with Gasteiger partial charge in [0.05, 0.1) is 11.0 Å². The Morgan fingerprint density at radius 2 is 1.45 bits per heavy atom. The lowest BCUT2D eigenvalue weighted by molar-refractivity contribution is -0.120. The molecule has 3 heteroatoms. The molecule has 1 fully saturated rings. The Morgan fingerprint density at radius 3 is 1.82 bits per heavy atom. The van der Waals surface area contributed by atoms with E-state index in [1.807, 2.05) is 48.5 Å². The molecule has 0 aliphatic heterocycles. The second-order valence-electron chi connectivity index (χ2n) is 6.66. The number of hydrogen-bond acceptors (Lipinski definition) is 2. The largest absolute Gasteiger partial charge is 0.386 e. The SMILES string of the molecule is CC(C)(O)c1ccc(-c2ccc(C3(C(N)=O)CC3)cc2)cc1. The third kappa shape index (κ3) is 2.53. The molecule has 0 unspecified atom stereocenters. The lowest BCUT2D eigenvalue weighted by atomic mass is 9.92. The number of aliphatic hydroxyl groups is 1. The lowest BCUT2D eigenvalue weighted by Crippen LogP contribution is -2.28. The van der Waals surface area contributed by atoms with Crippen LogP contribution in [0.15, 0.2) is 48.5 Å². The summed E-state index contributed by atoms with van der Waals surface area (Å²) in [5, 5.41) is 9.99. The summed E-state index contributed by atoms with van der Waals surface area (Å²) in [6, 6.07) is 15.9. The zero-order valence-electron chi connectivity index (χ0n) is 13.0. The fourth-order valence-corrected chi connectivity index (χ4v) is 2.85. The summed E-state index contributed by atoms with van der Waals surface area (Å²) in [6.45, 7) is 3.55. The topological polar surface area (TPSA) is 63.3 Å². The van der Waals surface area contributed by atoms with Crippen molar-refractivity contribution in [1.29, 1.82) is 0 Å². The van der Waals surface area contributed by atoms with E-state index < -0.39 is 11.0 Å². The van der Waals surface area contributed by atoms with Gasteiger partial charge in [0.2, 0.25) is 5.91 Å². The molecule has 0 saturated heterocycles. The smallest absolute Gasteiger partial charge is 0.228 e. The predicted molar refractivity (Wildman–Crippen MR) is 87.2 cm³/mol. The van der Waals surface area contributed by atoms with Gasteiger partial charge in [0, 0.05) is 0 Å². The molecule has 22 heavy (non-hydrogen) atoms. The van der Waals surface area contributed by atoms with Crippen molar-refractivity contribution in [2.45, 2.75) is 37.7 Å². The molecule has 0 radical (unpaired) electrons. The van der Waals surface area contributed by atoms with E-state index in [0.29, 0.717) is 0 Å². The molecule has 1 amide bonds. The van der Waals surface area contributed by atoms with E-state index in [2.05, 4.69) is 0 Å². The highest BCUT2D eigenvalue weighted by Crippen LogP contribution is 2.48. The molecule has 0 spiro atoms. The summed E-state index contributed by atoms with van der Waals surface area (Å²) in [7, 11) is 0. The average molecular weight is 295 g/mol. The van der Waals surface area contributed by atoms with Crippen LogP contribution in [0.3, 0.4) is 0 Å². The molecule has 1 saturated carbocycles. The van der Waals surface area contributed by atoms with Crippen molar-refractivity contribution in [3.8, 4) is 11.1 Å². The van der Waals surface area contributed by atoms with Gasteiger partial charge in [-0.3, -0.25) is 4.79 Å². The van der Waals surface area contributed by atoms with Gasteiger partial charge in [-0.05, 0) is 48.9 Å². The summed E-state index contributed by atoms with van der Waals surface area (Å²) < 4.78 is 0. The highest BCUT2D eigenvalue weighted by atomic mass is 16.3. The van der Waals surface area contributed by atoms with Crippen LogP contribution in [0.4, 0.5) is 0 Å². The first kappa shape index (κ1) is 14.8. The highest BCUT2D eigenvalue weighted by Gasteiger charge is 2.49. The fourth-order valence-electron chi connectivity index (χ4n) is 2.85. The maximum Gasteiger partial charge on any atom is 0.228 e. The Balaban J connectivity index is 1.86. The van der Waals surface area contributed by atoms with Crippen molar-refractivity contribution >= 4 is 5.91 Å². The van der Waals surface area contributed by atoms with Crippen LogP contribution >= 0.6 is 0 Å². The van der Waals surface area contributed by atoms with Crippen LogP contribution in [0.1, 0.15) is 37.8 Å². The molecule has 114 valence electrons. The number of primary amides is 1. The Bertz CT molecular complexity index is 690. The molecule has 1 aliphatic rings. The molecule has 3 rings (SSSR count). The lowest BCUT2D eigenvalue weighted by Gasteiger charge is -2.18. The highest BCUT2D eigenvalue weighted by molar-refractivity contribution is 5.90. The maximum absolute atomic E-state index is 11.6. The van der Waals surface area contributed by atoms with Crippen molar-refractivity contribution in [1.82, 2.24) is 0 Å². The minimum atomic E-state index is -0.831. The van der Waals surface area contributed by atoms with Crippen LogP contribution < -0.4 is 5.73 Å². The molecule has 3 N–H and O–H groups in total. The Kier molecular flexibility index (Phi) is 3.33. The van der Waals surface area contributed by atoms with Gasteiger partial charge in [0.25, 0.3) is 0 Å². The molecule has 0 bridgehead atoms. The van der Waals surface area contributed by atoms with Gasteiger partial charge >= 0.3 is 0 Å². The summed E-state index contributed by atoms with van der Waals surface area (Å²) in [6.07, 6.45) is 1.70. The predicted octanol–water partition coefficient (Wildman–Crippen LogP) is 3.10. The van der Waals surface area contributed by atoms with Crippen molar-refractivity contribution in [2.75, 3.05) is 0 Å². The average Bonchev–Trinajstić information content (AvgIpc) is 3.28. The fraction of sp³-hybridized carbons (Fsp3) is 0.316. The van der Waals surface area contributed by atoms with Gasteiger partial charge in [0.15, 0.2) is 0 Å².